The minimum absolute atomic E-state index is 0.601. The lowest BCUT2D eigenvalue weighted by atomic mass is 10.2. The van der Waals surface area contributed by atoms with E-state index in [0.717, 1.165) is 32.6 Å². The van der Waals surface area contributed by atoms with Crippen molar-refractivity contribution in [2.24, 2.45) is 0 Å². The minimum atomic E-state index is 0.601. The zero-order chi connectivity index (χ0) is 20.1. The molecule has 0 unspecified atom stereocenters. The van der Waals surface area contributed by atoms with Crippen molar-refractivity contribution >= 4 is 33.4 Å². The molecule has 29 heavy (non-hydrogen) atoms. The van der Waals surface area contributed by atoms with Gasteiger partial charge in [0, 0.05) is 21.6 Å². The maximum Gasteiger partial charge on any atom is 0.196 e. The van der Waals surface area contributed by atoms with Gasteiger partial charge in [0.15, 0.2) is 11.0 Å². The zero-order valence-electron chi connectivity index (χ0n) is 16.0. The van der Waals surface area contributed by atoms with Gasteiger partial charge in [0.1, 0.15) is 0 Å². The van der Waals surface area contributed by atoms with Gasteiger partial charge in [-0.05, 0) is 54.4 Å². The third-order valence-electron chi connectivity index (χ3n) is 4.46. The Kier molecular flexibility index (Phi) is 6.32. The number of benzene rings is 3. The maximum atomic E-state index is 4.48. The van der Waals surface area contributed by atoms with Gasteiger partial charge in [-0.15, -0.1) is 10.2 Å². The lowest BCUT2D eigenvalue weighted by molar-refractivity contribution is 0.840. The number of aromatic nitrogens is 3. The Labute approximate surface area is 183 Å². The van der Waals surface area contributed by atoms with E-state index in [1.54, 1.807) is 11.8 Å². The molecule has 4 aromatic rings. The lowest BCUT2D eigenvalue weighted by Gasteiger charge is -2.12. The van der Waals surface area contributed by atoms with Crippen LogP contribution in [-0.4, -0.2) is 14.8 Å². The highest BCUT2D eigenvalue weighted by atomic mass is 79.9. The Morgan fingerprint density at radius 3 is 2.48 bits per heavy atom. The monoisotopic (exact) mass is 464 g/mol. The first-order valence-corrected chi connectivity index (χ1v) is 11.1. The molecule has 6 heteroatoms. The number of anilines is 1. The molecular weight excluding hydrogens is 444 g/mol. The molecule has 0 bridgehead atoms. The molecule has 146 valence electrons. The van der Waals surface area contributed by atoms with Gasteiger partial charge in [-0.3, -0.25) is 4.57 Å². The summed E-state index contributed by atoms with van der Waals surface area (Å²) in [5.74, 6) is 1.72. The van der Waals surface area contributed by atoms with Crippen LogP contribution in [0.15, 0.2) is 88.5 Å². The fourth-order valence-corrected chi connectivity index (χ4v) is 4.20. The quantitative estimate of drug-likeness (QED) is 0.328. The number of nitrogens with one attached hydrogen (secondary N) is 1. The molecule has 0 aliphatic rings. The van der Waals surface area contributed by atoms with E-state index in [0.29, 0.717) is 6.54 Å². The third-order valence-corrected chi connectivity index (χ3v) is 5.99. The molecule has 4 nitrogen and oxygen atoms in total. The summed E-state index contributed by atoms with van der Waals surface area (Å²) in [6.07, 6.45) is 0. The zero-order valence-corrected chi connectivity index (χ0v) is 18.5. The van der Waals surface area contributed by atoms with Crippen LogP contribution in [0.1, 0.15) is 17.0 Å². The molecule has 0 saturated heterocycles. The Balaban J connectivity index is 1.57. The number of hydrogen-bond acceptors (Lipinski definition) is 4. The SMILES string of the molecule is Cc1cccc(NCc2nnc(SCc3ccc(Br)cc3)n2-c2ccccc2)c1. The normalized spacial score (nSPS) is 10.8. The predicted molar refractivity (Wildman–Crippen MR) is 124 cm³/mol. The van der Waals surface area contributed by atoms with Crippen LogP contribution < -0.4 is 5.32 Å². The Bertz CT molecular complexity index is 1080. The average molecular weight is 465 g/mol. The minimum Gasteiger partial charge on any atom is -0.378 e. The van der Waals surface area contributed by atoms with E-state index in [-0.39, 0.29) is 0 Å². The fraction of sp³-hybridized carbons (Fsp3) is 0.130. The summed E-state index contributed by atoms with van der Waals surface area (Å²) in [7, 11) is 0. The second-order valence-corrected chi connectivity index (χ2v) is 8.57. The molecule has 0 amide bonds. The third kappa shape index (κ3) is 5.08. The predicted octanol–water partition coefficient (Wildman–Crippen LogP) is 6.24. The fourth-order valence-electron chi connectivity index (χ4n) is 3.01. The van der Waals surface area contributed by atoms with E-state index in [1.165, 1.54) is 11.1 Å². The molecule has 0 aliphatic heterocycles. The molecule has 1 N–H and O–H groups in total. The summed E-state index contributed by atoms with van der Waals surface area (Å²) in [5.41, 5.74) is 4.62. The molecule has 4 rings (SSSR count). The largest absolute Gasteiger partial charge is 0.378 e. The van der Waals surface area contributed by atoms with E-state index in [9.17, 15) is 0 Å². The van der Waals surface area contributed by atoms with Crippen molar-refractivity contribution in [3.05, 3.63) is 100 Å². The van der Waals surface area contributed by atoms with Crippen LogP contribution in [0.5, 0.6) is 0 Å². The van der Waals surface area contributed by atoms with Crippen LogP contribution in [0.2, 0.25) is 0 Å². The van der Waals surface area contributed by atoms with E-state index in [1.807, 2.05) is 18.2 Å². The molecule has 3 aromatic carbocycles. The van der Waals surface area contributed by atoms with Crippen molar-refractivity contribution in [1.29, 1.82) is 0 Å². The summed E-state index contributed by atoms with van der Waals surface area (Å²) in [6.45, 7) is 2.69. The van der Waals surface area contributed by atoms with Crippen LogP contribution in [0, 0.1) is 6.92 Å². The van der Waals surface area contributed by atoms with Gasteiger partial charge in [0.25, 0.3) is 0 Å². The summed E-state index contributed by atoms with van der Waals surface area (Å²) >= 11 is 5.18. The summed E-state index contributed by atoms with van der Waals surface area (Å²) in [6, 6.07) is 27.0. The van der Waals surface area contributed by atoms with Crippen LogP contribution in [0.25, 0.3) is 5.69 Å². The molecule has 0 radical (unpaired) electrons. The van der Waals surface area contributed by atoms with Gasteiger partial charge in [-0.25, -0.2) is 0 Å². The van der Waals surface area contributed by atoms with E-state index in [4.69, 9.17) is 0 Å². The van der Waals surface area contributed by atoms with Crippen molar-refractivity contribution in [3.63, 3.8) is 0 Å². The van der Waals surface area contributed by atoms with Crippen molar-refractivity contribution in [1.82, 2.24) is 14.8 Å². The van der Waals surface area contributed by atoms with Crippen LogP contribution in [-0.2, 0) is 12.3 Å². The first-order valence-electron chi connectivity index (χ1n) is 9.36. The first-order chi connectivity index (χ1) is 14.2. The molecule has 0 fully saturated rings. The Morgan fingerprint density at radius 2 is 1.72 bits per heavy atom. The van der Waals surface area contributed by atoms with E-state index < -0.39 is 0 Å². The molecular formula is C23H21BrN4S. The summed E-state index contributed by atoms with van der Waals surface area (Å²) in [5, 5.41) is 13.3. The number of para-hydroxylation sites is 1. The van der Waals surface area contributed by atoms with E-state index in [2.05, 4.69) is 104 Å². The molecule has 0 spiro atoms. The highest BCUT2D eigenvalue weighted by Crippen LogP contribution is 2.26. The number of nitrogens with zero attached hydrogens (tertiary/aromatic N) is 3. The molecule has 0 saturated carbocycles. The molecule has 1 aromatic heterocycles. The van der Waals surface area contributed by atoms with Crippen LogP contribution in [0.4, 0.5) is 5.69 Å². The second-order valence-electron chi connectivity index (χ2n) is 6.71. The van der Waals surface area contributed by atoms with Crippen molar-refractivity contribution in [2.75, 3.05) is 5.32 Å². The first kappa shape index (κ1) is 19.7. The van der Waals surface area contributed by atoms with Gasteiger partial charge in [0.2, 0.25) is 0 Å². The highest BCUT2D eigenvalue weighted by Gasteiger charge is 2.14. The highest BCUT2D eigenvalue weighted by molar-refractivity contribution is 9.10. The van der Waals surface area contributed by atoms with Crippen molar-refractivity contribution < 1.29 is 0 Å². The standard InChI is InChI=1S/C23H21BrN4S/c1-17-6-5-7-20(14-17)25-15-22-26-27-23(28(22)21-8-3-2-4-9-21)29-16-18-10-12-19(24)13-11-18/h2-14,25H,15-16H2,1H3. The topological polar surface area (TPSA) is 42.7 Å². The van der Waals surface area contributed by atoms with Gasteiger partial charge in [-0.2, -0.15) is 0 Å². The Morgan fingerprint density at radius 1 is 0.931 bits per heavy atom. The summed E-state index contributed by atoms with van der Waals surface area (Å²) in [4.78, 5) is 0. The van der Waals surface area contributed by atoms with Gasteiger partial charge < -0.3 is 5.32 Å². The number of thioether (sulfide) groups is 1. The van der Waals surface area contributed by atoms with Crippen LogP contribution >= 0.6 is 27.7 Å². The van der Waals surface area contributed by atoms with Crippen LogP contribution in [0.3, 0.4) is 0 Å². The maximum absolute atomic E-state index is 4.48. The van der Waals surface area contributed by atoms with Gasteiger partial charge in [0.05, 0.1) is 6.54 Å². The lowest BCUT2D eigenvalue weighted by Crippen LogP contribution is -2.08. The van der Waals surface area contributed by atoms with Crippen molar-refractivity contribution in [3.8, 4) is 5.69 Å². The number of aryl methyl sites for hydroxylation is 1. The molecule has 0 aliphatic carbocycles. The smallest absolute Gasteiger partial charge is 0.196 e. The molecule has 0 atom stereocenters. The average Bonchev–Trinajstić information content (AvgIpc) is 3.15. The molecule has 1 heterocycles. The van der Waals surface area contributed by atoms with Crippen molar-refractivity contribution in [2.45, 2.75) is 24.4 Å². The summed E-state index contributed by atoms with van der Waals surface area (Å²) < 4.78 is 3.22. The number of hydrogen-bond donors (Lipinski definition) is 1. The second kappa shape index (κ2) is 9.29. The van der Waals surface area contributed by atoms with E-state index >= 15 is 0 Å². The number of halogens is 1. The number of rotatable bonds is 7. The Hall–Kier alpha value is -2.57. The van der Waals surface area contributed by atoms with Gasteiger partial charge in [-0.1, -0.05) is 70.2 Å². The van der Waals surface area contributed by atoms with Gasteiger partial charge >= 0.3 is 0 Å².